The summed E-state index contributed by atoms with van der Waals surface area (Å²) in [5.74, 6) is 0.652. The third-order valence-electron chi connectivity index (χ3n) is 3.14. The normalized spacial score (nSPS) is 10.3. The molecule has 0 aromatic heterocycles. The molecule has 0 bridgehead atoms. The number of nitrogens with zero attached hydrogens (tertiary/aromatic N) is 1. The first kappa shape index (κ1) is 14.1. The van der Waals surface area contributed by atoms with Crippen LogP contribution in [0.4, 0.5) is 4.39 Å². The van der Waals surface area contributed by atoms with Gasteiger partial charge in [-0.25, -0.2) is 4.39 Å². The van der Waals surface area contributed by atoms with Crippen molar-refractivity contribution in [2.24, 2.45) is 0 Å². The number of hydrogen-bond donors (Lipinski definition) is 0. The van der Waals surface area contributed by atoms with Crippen LogP contribution >= 0.6 is 0 Å². The molecule has 0 aliphatic rings. The van der Waals surface area contributed by atoms with Gasteiger partial charge in [0, 0.05) is 5.56 Å². The van der Waals surface area contributed by atoms with Crippen molar-refractivity contribution in [3.05, 3.63) is 65.0 Å². The Kier molecular flexibility index (Phi) is 4.37. The summed E-state index contributed by atoms with van der Waals surface area (Å²) in [6.45, 7) is 4.36. The Balaban J connectivity index is 2.07. The van der Waals surface area contributed by atoms with Crippen molar-refractivity contribution in [2.45, 2.75) is 26.4 Å². The summed E-state index contributed by atoms with van der Waals surface area (Å²) in [4.78, 5) is 0. The second-order valence-electron chi connectivity index (χ2n) is 4.90. The molecule has 3 heteroatoms. The predicted molar refractivity (Wildman–Crippen MR) is 76.0 cm³/mol. The Bertz CT molecular complexity index is 626. The SMILES string of the molecule is CC(C)c1ccc(OCc2cccc(C#N)c2F)cc1. The van der Waals surface area contributed by atoms with Crippen LogP contribution in [0.25, 0.3) is 0 Å². The molecule has 0 unspecified atom stereocenters. The Morgan fingerprint density at radius 1 is 1.15 bits per heavy atom. The number of ether oxygens (including phenoxy) is 1. The van der Waals surface area contributed by atoms with Crippen molar-refractivity contribution in [2.75, 3.05) is 0 Å². The summed E-state index contributed by atoms with van der Waals surface area (Å²) < 4.78 is 19.4. The van der Waals surface area contributed by atoms with Crippen molar-refractivity contribution in [3.63, 3.8) is 0 Å². The molecule has 2 aromatic rings. The molecular weight excluding hydrogens is 253 g/mol. The molecule has 0 radical (unpaired) electrons. The monoisotopic (exact) mass is 269 g/mol. The summed E-state index contributed by atoms with van der Waals surface area (Å²) in [6, 6.07) is 14.3. The number of rotatable bonds is 4. The number of benzene rings is 2. The number of nitriles is 1. The molecule has 20 heavy (non-hydrogen) atoms. The van der Waals surface area contributed by atoms with E-state index in [1.165, 1.54) is 11.6 Å². The molecule has 0 N–H and O–H groups in total. The van der Waals surface area contributed by atoms with Crippen LogP contribution in [0.5, 0.6) is 5.75 Å². The van der Waals surface area contributed by atoms with Gasteiger partial charge in [0.05, 0.1) is 5.56 Å². The van der Waals surface area contributed by atoms with E-state index in [1.807, 2.05) is 30.3 Å². The fraction of sp³-hybridized carbons (Fsp3) is 0.235. The molecule has 0 saturated carbocycles. The van der Waals surface area contributed by atoms with Crippen molar-refractivity contribution in [1.29, 1.82) is 5.26 Å². The maximum atomic E-state index is 13.8. The van der Waals surface area contributed by atoms with Gasteiger partial charge in [0.1, 0.15) is 24.2 Å². The molecule has 2 rings (SSSR count). The number of halogens is 1. The van der Waals surface area contributed by atoms with Crippen molar-refractivity contribution in [1.82, 2.24) is 0 Å². The van der Waals surface area contributed by atoms with Crippen LogP contribution in [-0.2, 0) is 6.61 Å². The van der Waals surface area contributed by atoms with E-state index in [9.17, 15) is 4.39 Å². The van der Waals surface area contributed by atoms with Gasteiger partial charge in [-0.1, -0.05) is 38.1 Å². The minimum Gasteiger partial charge on any atom is -0.489 e. The van der Waals surface area contributed by atoms with E-state index >= 15 is 0 Å². The third kappa shape index (κ3) is 3.16. The van der Waals surface area contributed by atoms with Crippen LogP contribution in [0.2, 0.25) is 0 Å². The van der Waals surface area contributed by atoms with E-state index in [-0.39, 0.29) is 12.2 Å². The molecule has 0 saturated heterocycles. The van der Waals surface area contributed by atoms with Crippen LogP contribution in [0.1, 0.15) is 36.5 Å². The fourth-order valence-electron chi connectivity index (χ4n) is 1.89. The Labute approximate surface area is 118 Å². The highest BCUT2D eigenvalue weighted by Crippen LogP contribution is 2.20. The van der Waals surface area contributed by atoms with Crippen LogP contribution in [0.3, 0.4) is 0 Å². The molecule has 2 nitrogen and oxygen atoms in total. The minimum atomic E-state index is -0.506. The van der Waals surface area contributed by atoms with Gasteiger partial charge < -0.3 is 4.74 Å². The van der Waals surface area contributed by atoms with Crippen LogP contribution in [-0.4, -0.2) is 0 Å². The number of hydrogen-bond acceptors (Lipinski definition) is 2. The van der Waals surface area contributed by atoms with E-state index in [1.54, 1.807) is 12.1 Å². The molecule has 0 heterocycles. The largest absolute Gasteiger partial charge is 0.489 e. The van der Waals surface area contributed by atoms with Crippen molar-refractivity contribution >= 4 is 0 Å². The second kappa shape index (κ2) is 6.21. The minimum absolute atomic E-state index is 0.0428. The quantitative estimate of drug-likeness (QED) is 0.824. The van der Waals surface area contributed by atoms with E-state index < -0.39 is 5.82 Å². The van der Waals surface area contributed by atoms with Gasteiger partial charge in [-0.3, -0.25) is 0 Å². The molecule has 0 aliphatic heterocycles. The van der Waals surface area contributed by atoms with Gasteiger partial charge in [-0.2, -0.15) is 5.26 Å². The first-order valence-electron chi connectivity index (χ1n) is 6.52. The average Bonchev–Trinajstić information content (AvgIpc) is 2.46. The lowest BCUT2D eigenvalue weighted by molar-refractivity contribution is 0.299. The molecule has 0 aliphatic carbocycles. The third-order valence-corrected chi connectivity index (χ3v) is 3.14. The average molecular weight is 269 g/mol. The summed E-state index contributed by atoms with van der Waals surface area (Å²) in [5, 5.41) is 8.78. The lowest BCUT2D eigenvalue weighted by Crippen LogP contribution is -2.00. The first-order chi connectivity index (χ1) is 9.61. The summed E-state index contributed by atoms with van der Waals surface area (Å²) in [6.07, 6.45) is 0. The molecule has 0 spiro atoms. The maximum absolute atomic E-state index is 13.8. The van der Waals surface area contributed by atoms with Crippen LogP contribution in [0.15, 0.2) is 42.5 Å². The predicted octanol–water partition coefficient (Wildman–Crippen LogP) is 4.40. The summed E-state index contributed by atoms with van der Waals surface area (Å²) in [7, 11) is 0. The molecule has 0 fully saturated rings. The highest BCUT2D eigenvalue weighted by atomic mass is 19.1. The fourth-order valence-corrected chi connectivity index (χ4v) is 1.89. The molecule has 0 atom stereocenters. The topological polar surface area (TPSA) is 33.0 Å². The first-order valence-corrected chi connectivity index (χ1v) is 6.52. The van der Waals surface area contributed by atoms with E-state index in [4.69, 9.17) is 10.00 Å². The Morgan fingerprint density at radius 3 is 2.45 bits per heavy atom. The Morgan fingerprint density at radius 2 is 1.85 bits per heavy atom. The standard InChI is InChI=1S/C17H16FNO/c1-12(2)13-6-8-16(9-7-13)20-11-15-5-3-4-14(10-19)17(15)18/h3-9,12H,11H2,1-2H3. The molecule has 2 aromatic carbocycles. The van der Waals surface area contributed by atoms with Gasteiger partial charge in [0.15, 0.2) is 0 Å². The van der Waals surface area contributed by atoms with Gasteiger partial charge in [-0.15, -0.1) is 0 Å². The van der Waals surface area contributed by atoms with E-state index in [0.29, 0.717) is 17.2 Å². The van der Waals surface area contributed by atoms with Gasteiger partial charge in [0.2, 0.25) is 0 Å². The van der Waals surface area contributed by atoms with Crippen LogP contribution < -0.4 is 4.74 Å². The Hall–Kier alpha value is -2.34. The lowest BCUT2D eigenvalue weighted by atomic mass is 10.0. The van der Waals surface area contributed by atoms with E-state index in [2.05, 4.69) is 13.8 Å². The zero-order valence-corrected chi connectivity index (χ0v) is 11.6. The smallest absolute Gasteiger partial charge is 0.147 e. The van der Waals surface area contributed by atoms with Gasteiger partial charge in [-0.05, 0) is 29.7 Å². The van der Waals surface area contributed by atoms with Crippen molar-refractivity contribution < 1.29 is 9.13 Å². The molecule has 102 valence electrons. The zero-order chi connectivity index (χ0) is 14.5. The highest BCUT2D eigenvalue weighted by Gasteiger charge is 2.08. The van der Waals surface area contributed by atoms with Gasteiger partial charge >= 0.3 is 0 Å². The zero-order valence-electron chi connectivity index (χ0n) is 11.6. The lowest BCUT2D eigenvalue weighted by Gasteiger charge is -2.10. The van der Waals surface area contributed by atoms with Crippen molar-refractivity contribution in [3.8, 4) is 11.8 Å². The van der Waals surface area contributed by atoms with Gasteiger partial charge in [0.25, 0.3) is 0 Å². The second-order valence-corrected chi connectivity index (χ2v) is 4.90. The van der Waals surface area contributed by atoms with Crippen LogP contribution in [0, 0.1) is 17.1 Å². The van der Waals surface area contributed by atoms with E-state index in [0.717, 1.165) is 0 Å². The molecule has 0 amide bonds. The maximum Gasteiger partial charge on any atom is 0.147 e. The summed E-state index contributed by atoms with van der Waals surface area (Å²) in [5.41, 5.74) is 1.66. The summed E-state index contributed by atoms with van der Waals surface area (Å²) >= 11 is 0. The molecular formula is C17H16FNO. The highest BCUT2D eigenvalue weighted by molar-refractivity contribution is 5.35.